The number of hydrogen-bond donors (Lipinski definition) is 1. The highest BCUT2D eigenvalue weighted by Crippen LogP contribution is 2.02. The minimum absolute atomic E-state index is 0.935. The second-order valence-electron chi connectivity index (χ2n) is 2.98. The fraction of sp³-hybridized carbons (Fsp3) is 0.900. The van der Waals surface area contributed by atoms with Gasteiger partial charge in [-0.05, 0) is 12.8 Å². The second-order valence-corrected chi connectivity index (χ2v) is 2.98. The third kappa shape index (κ3) is 12.2. The first-order valence-electron chi connectivity index (χ1n) is 4.73. The highest BCUT2D eigenvalue weighted by molar-refractivity contribution is 5.78. The van der Waals surface area contributed by atoms with Gasteiger partial charge in [-0.25, -0.2) is 0 Å². The Bertz CT molecular complexity index is 104. The van der Waals surface area contributed by atoms with Crippen LogP contribution in [0.1, 0.15) is 40.5 Å². The minimum Gasteiger partial charge on any atom is -0.377 e. The molecule has 0 spiro atoms. The average molecular weight is 172 g/mol. The zero-order chi connectivity index (χ0) is 9.98. The van der Waals surface area contributed by atoms with Crippen molar-refractivity contribution in [2.45, 2.75) is 40.5 Å². The molecule has 1 N–H and O–H groups in total. The van der Waals surface area contributed by atoms with E-state index in [1.807, 2.05) is 14.0 Å². The van der Waals surface area contributed by atoms with Crippen molar-refractivity contribution in [2.24, 2.45) is 10.9 Å². The normalized spacial score (nSPS) is 10.8. The van der Waals surface area contributed by atoms with E-state index in [-0.39, 0.29) is 0 Å². The molecule has 0 aromatic rings. The SMILES string of the molecule is CCC(C)CC.CN=C(C)NC. The fourth-order valence-corrected chi connectivity index (χ4v) is 0.400. The highest BCUT2D eigenvalue weighted by Gasteiger charge is 1.88. The summed E-state index contributed by atoms with van der Waals surface area (Å²) in [5, 5.41) is 2.86. The Morgan fingerprint density at radius 2 is 1.75 bits per heavy atom. The van der Waals surface area contributed by atoms with E-state index in [1.165, 1.54) is 12.8 Å². The fourth-order valence-electron chi connectivity index (χ4n) is 0.400. The van der Waals surface area contributed by atoms with Crippen LogP contribution in [0, 0.1) is 5.92 Å². The maximum atomic E-state index is 3.81. The molecule has 2 heteroatoms. The largest absolute Gasteiger partial charge is 0.377 e. The van der Waals surface area contributed by atoms with Crippen LogP contribution in [0.4, 0.5) is 0 Å². The number of amidine groups is 1. The molecule has 0 aliphatic carbocycles. The maximum Gasteiger partial charge on any atom is 0.0925 e. The van der Waals surface area contributed by atoms with Crippen molar-refractivity contribution in [3.63, 3.8) is 0 Å². The summed E-state index contributed by atoms with van der Waals surface area (Å²) in [7, 11) is 3.61. The number of nitrogens with one attached hydrogen (secondary N) is 1. The Morgan fingerprint density at radius 3 is 1.75 bits per heavy atom. The first kappa shape index (κ1) is 14.0. The van der Waals surface area contributed by atoms with E-state index in [0.29, 0.717) is 0 Å². The molecule has 0 amide bonds. The summed E-state index contributed by atoms with van der Waals surface area (Å²) in [5.41, 5.74) is 0. The van der Waals surface area contributed by atoms with Gasteiger partial charge in [0.05, 0.1) is 5.84 Å². The van der Waals surface area contributed by atoms with Crippen LogP contribution < -0.4 is 5.32 Å². The van der Waals surface area contributed by atoms with Gasteiger partial charge in [-0.3, -0.25) is 4.99 Å². The number of aliphatic imine (C=N–C) groups is 1. The molecular formula is C10H24N2. The molecule has 0 heterocycles. The van der Waals surface area contributed by atoms with Gasteiger partial charge in [0.2, 0.25) is 0 Å². The first-order valence-corrected chi connectivity index (χ1v) is 4.73. The van der Waals surface area contributed by atoms with Gasteiger partial charge in [-0.15, -0.1) is 0 Å². The minimum atomic E-state index is 0.935. The van der Waals surface area contributed by atoms with Crippen LogP contribution in [0.2, 0.25) is 0 Å². The average Bonchev–Trinajstić information content (AvgIpc) is 2.16. The predicted molar refractivity (Wildman–Crippen MR) is 57.8 cm³/mol. The van der Waals surface area contributed by atoms with Gasteiger partial charge in [-0.1, -0.05) is 33.6 Å². The van der Waals surface area contributed by atoms with Crippen molar-refractivity contribution < 1.29 is 0 Å². The van der Waals surface area contributed by atoms with E-state index >= 15 is 0 Å². The molecule has 0 saturated carbocycles. The third-order valence-electron chi connectivity index (χ3n) is 2.09. The summed E-state index contributed by atoms with van der Waals surface area (Å²) in [6, 6.07) is 0. The molecular weight excluding hydrogens is 148 g/mol. The zero-order valence-electron chi connectivity index (χ0n) is 9.44. The van der Waals surface area contributed by atoms with E-state index in [9.17, 15) is 0 Å². The topological polar surface area (TPSA) is 24.4 Å². The Morgan fingerprint density at radius 1 is 1.33 bits per heavy atom. The molecule has 12 heavy (non-hydrogen) atoms. The first-order chi connectivity index (χ1) is 5.62. The molecule has 0 unspecified atom stereocenters. The second kappa shape index (κ2) is 10.5. The standard InChI is InChI=1S/C6H14.C4H10N2/c1-4-6(3)5-2;1-4(5-2)6-3/h6H,4-5H2,1-3H3;1-3H3,(H,5,6). The Labute approximate surface area is 77.5 Å². The lowest BCUT2D eigenvalue weighted by atomic mass is 10.1. The molecule has 0 atom stereocenters. The molecule has 0 radical (unpaired) electrons. The van der Waals surface area contributed by atoms with Crippen molar-refractivity contribution in [3.05, 3.63) is 0 Å². The lowest BCUT2D eigenvalue weighted by Gasteiger charge is -1.98. The van der Waals surface area contributed by atoms with Gasteiger partial charge in [0, 0.05) is 14.1 Å². The van der Waals surface area contributed by atoms with Crippen LogP contribution in [-0.2, 0) is 0 Å². The molecule has 0 aliphatic rings. The summed E-state index contributed by atoms with van der Waals surface area (Å²) in [5.74, 6) is 1.90. The Hall–Kier alpha value is -0.530. The molecule has 0 rings (SSSR count). The molecule has 0 aromatic carbocycles. The molecule has 0 aliphatic heterocycles. The van der Waals surface area contributed by atoms with E-state index in [1.54, 1.807) is 7.05 Å². The molecule has 74 valence electrons. The summed E-state index contributed by atoms with van der Waals surface area (Å²) in [4.78, 5) is 3.81. The summed E-state index contributed by atoms with van der Waals surface area (Å²) in [6.07, 6.45) is 2.66. The van der Waals surface area contributed by atoms with Gasteiger partial charge in [-0.2, -0.15) is 0 Å². The summed E-state index contributed by atoms with van der Waals surface area (Å²) < 4.78 is 0. The van der Waals surface area contributed by atoms with Gasteiger partial charge in [0.1, 0.15) is 0 Å². The molecule has 0 saturated heterocycles. The molecule has 0 bridgehead atoms. The molecule has 0 fully saturated rings. The van der Waals surface area contributed by atoms with Crippen LogP contribution in [0.25, 0.3) is 0 Å². The van der Waals surface area contributed by atoms with Crippen LogP contribution in [0.15, 0.2) is 4.99 Å². The van der Waals surface area contributed by atoms with E-state index in [0.717, 1.165) is 11.8 Å². The van der Waals surface area contributed by atoms with Crippen molar-refractivity contribution in [3.8, 4) is 0 Å². The highest BCUT2D eigenvalue weighted by atomic mass is 14.9. The van der Waals surface area contributed by atoms with E-state index < -0.39 is 0 Å². The lowest BCUT2D eigenvalue weighted by Crippen LogP contribution is -2.12. The summed E-state index contributed by atoms with van der Waals surface area (Å²) in [6.45, 7) is 8.66. The zero-order valence-corrected chi connectivity index (χ0v) is 9.44. The van der Waals surface area contributed by atoms with Gasteiger partial charge < -0.3 is 5.32 Å². The quantitative estimate of drug-likeness (QED) is 0.502. The van der Waals surface area contributed by atoms with Crippen molar-refractivity contribution >= 4 is 5.84 Å². The monoisotopic (exact) mass is 172 g/mol. The molecule has 2 nitrogen and oxygen atoms in total. The lowest BCUT2D eigenvalue weighted by molar-refractivity contribution is 0.544. The van der Waals surface area contributed by atoms with Crippen molar-refractivity contribution in [1.29, 1.82) is 0 Å². The maximum absolute atomic E-state index is 3.81. The Balaban J connectivity index is 0. The van der Waals surface area contributed by atoms with Crippen LogP contribution in [-0.4, -0.2) is 19.9 Å². The third-order valence-corrected chi connectivity index (χ3v) is 2.09. The van der Waals surface area contributed by atoms with E-state index in [4.69, 9.17) is 0 Å². The number of rotatable bonds is 2. The Kier molecular flexibility index (Phi) is 12.2. The van der Waals surface area contributed by atoms with E-state index in [2.05, 4.69) is 31.1 Å². The smallest absolute Gasteiger partial charge is 0.0925 e. The van der Waals surface area contributed by atoms with Crippen LogP contribution in [0.3, 0.4) is 0 Å². The van der Waals surface area contributed by atoms with Gasteiger partial charge in [0.25, 0.3) is 0 Å². The van der Waals surface area contributed by atoms with Crippen LogP contribution in [0.5, 0.6) is 0 Å². The van der Waals surface area contributed by atoms with Gasteiger partial charge >= 0.3 is 0 Å². The summed E-state index contributed by atoms with van der Waals surface area (Å²) >= 11 is 0. The number of hydrogen-bond acceptors (Lipinski definition) is 1. The van der Waals surface area contributed by atoms with Crippen molar-refractivity contribution in [2.75, 3.05) is 14.1 Å². The molecule has 0 aromatic heterocycles. The predicted octanol–water partition coefficient (Wildman–Crippen LogP) is 2.70. The number of nitrogens with zero attached hydrogens (tertiary/aromatic N) is 1. The van der Waals surface area contributed by atoms with Crippen LogP contribution >= 0.6 is 0 Å². The van der Waals surface area contributed by atoms with Crippen molar-refractivity contribution in [1.82, 2.24) is 5.32 Å². The van der Waals surface area contributed by atoms with Gasteiger partial charge in [0.15, 0.2) is 0 Å².